The number of aromatic nitrogens is 2. The van der Waals surface area contributed by atoms with Gasteiger partial charge in [-0.25, -0.2) is 4.98 Å². The summed E-state index contributed by atoms with van der Waals surface area (Å²) in [5.74, 6) is 0. The Morgan fingerprint density at radius 3 is 2.75 bits per heavy atom. The summed E-state index contributed by atoms with van der Waals surface area (Å²) in [6.45, 7) is 9.23. The molecule has 1 atom stereocenters. The Morgan fingerprint density at radius 1 is 1.30 bits per heavy atom. The summed E-state index contributed by atoms with van der Waals surface area (Å²) in [6.07, 6.45) is 5.04. The standard InChI is InChI=1S/C17H23N3/c1-4-11-18-15(10-9-13(2)3)17-12-19-14-7-5-6-8-16(14)20-17/h5-8,12,15,18H,2,4,9-11H2,1,3H3. The van der Waals surface area contributed by atoms with Crippen molar-refractivity contribution in [2.75, 3.05) is 6.54 Å². The lowest BCUT2D eigenvalue weighted by atomic mass is 10.0. The molecule has 1 unspecified atom stereocenters. The van der Waals surface area contributed by atoms with Crippen molar-refractivity contribution >= 4 is 11.0 Å². The molecular weight excluding hydrogens is 246 g/mol. The average molecular weight is 269 g/mol. The van der Waals surface area contributed by atoms with Gasteiger partial charge in [0.2, 0.25) is 0 Å². The van der Waals surface area contributed by atoms with Crippen LogP contribution in [-0.2, 0) is 0 Å². The van der Waals surface area contributed by atoms with E-state index in [4.69, 9.17) is 4.98 Å². The van der Waals surface area contributed by atoms with Gasteiger partial charge in [0.25, 0.3) is 0 Å². The quantitative estimate of drug-likeness (QED) is 0.771. The third-order valence-electron chi connectivity index (χ3n) is 3.32. The number of hydrogen-bond acceptors (Lipinski definition) is 3. The molecule has 0 amide bonds. The Labute approximate surface area is 121 Å². The summed E-state index contributed by atoms with van der Waals surface area (Å²) in [6, 6.07) is 8.26. The SMILES string of the molecule is C=C(C)CCC(NCCC)c1cnc2ccccc2n1. The molecule has 1 N–H and O–H groups in total. The minimum Gasteiger partial charge on any atom is -0.309 e. The largest absolute Gasteiger partial charge is 0.309 e. The van der Waals surface area contributed by atoms with Crippen molar-refractivity contribution in [2.45, 2.75) is 39.2 Å². The average Bonchev–Trinajstić information content (AvgIpc) is 2.46. The molecule has 0 spiro atoms. The third kappa shape index (κ3) is 3.87. The van der Waals surface area contributed by atoms with Gasteiger partial charge in [-0.2, -0.15) is 0 Å². The molecule has 0 fully saturated rings. The molecule has 3 nitrogen and oxygen atoms in total. The number of benzene rings is 1. The van der Waals surface area contributed by atoms with Gasteiger partial charge >= 0.3 is 0 Å². The number of nitrogens with one attached hydrogen (secondary N) is 1. The highest BCUT2D eigenvalue weighted by Crippen LogP contribution is 2.20. The highest BCUT2D eigenvalue weighted by atomic mass is 14.9. The van der Waals surface area contributed by atoms with Crippen molar-refractivity contribution in [3.8, 4) is 0 Å². The maximum Gasteiger partial charge on any atom is 0.0890 e. The fourth-order valence-electron chi connectivity index (χ4n) is 2.20. The van der Waals surface area contributed by atoms with E-state index in [9.17, 15) is 0 Å². The summed E-state index contributed by atoms with van der Waals surface area (Å²) in [5, 5.41) is 3.56. The van der Waals surface area contributed by atoms with Gasteiger partial charge in [-0.05, 0) is 44.9 Å². The molecule has 0 radical (unpaired) electrons. The molecule has 0 bridgehead atoms. The molecule has 0 saturated heterocycles. The van der Waals surface area contributed by atoms with Crippen LogP contribution in [-0.4, -0.2) is 16.5 Å². The predicted octanol–water partition coefficient (Wildman–Crippen LogP) is 4.03. The molecule has 3 heteroatoms. The first-order valence-electron chi connectivity index (χ1n) is 7.30. The van der Waals surface area contributed by atoms with E-state index in [1.165, 1.54) is 5.57 Å². The summed E-state index contributed by atoms with van der Waals surface area (Å²) >= 11 is 0. The van der Waals surface area contributed by atoms with Crippen LogP contribution in [0.15, 0.2) is 42.6 Å². The van der Waals surface area contributed by atoms with Crippen molar-refractivity contribution in [1.29, 1.82) is 0 Å². The Hall–Kier alpha value is -1.74. The van der Waals surface area contributed by atoms with E-state index in [2.05, 4.69) is 30.7 Å². The lowest BCUT2D eigenvalue weighted by molar-refractivity contribution is 0.488. The van der Waals surface area contributed by atoms with Crippen LogP contribution in [0.1, 0.15) is 44.8 Å². The van der Waals surface area contributed by atoms with Crippen LogP contribution in [0.3, 0.4) is 0 Å². The van der Waals surface area contributed by atoms with Gasteiger partial charge in [0.1, 0.15) is 0 Å². The van der Waals surface area contributed by atoms with E-state index in [0.29, 0.717) is 0 Å². The summed E-state index contributed by atoms with van der Waals surface area (Å²) in [5.41, 5.74) is 4.15. The van der Waals surface area contributed by atoms with Crippen LogP contribution in [0.2, 0.25) is 0 Å². The molecule has 1 aromatic heterocycles. The van der Waals surface area contributed by atoms with Crippen LogP contribution in [0.5, 0.6) is 0 Å². The van der Waals surface area contributed by atoms with Crippen molar-refractivity contribution < 1.29 is 0 Å². The molecule has 1 aromatic carbocycles. The zero-order chi connectivity index (χ0) is 14.4. The van der Waals surface area contributed by atoms with E-state index in [1.54, 1.807) is 0 Å². The normalized spacial score (nSPS) is 12.5. The lowest BCUT2D eigenvalue weighted by Gasteiger charge is -2.18. The molecule has 0 aliphatic heterocycles. The van der Waals surface area contributed by atoms with E-state index < -0.39 is 0 Å². The van der Waals surface area contributed by atoms with Gasteiger partial charge in [-0.3, -0.25) is 4.98 Å². The van der Waals surface area contributed by atoms with Gasteiger partial charge in [-0.1, -0.05) is 24.6 Å². The van der Waals surface area contributed by atoms with E-state index in [0.717, 1.165) is 42.5 Å². The number of para-hydroxylation sites is 2. The first-order chi connectivity index (χ1) is 9.70. The molecule has 2 aromatic rings. The first kappa shape index (κ1) is 14.7. The highest BCUT2D eigenvalue weighted by Gasteiger charge is 2.13. The number of hydrogen-bond donors (Lipinski definition) is 1. The molecular formula is C17H23N3. The lowest BCUT2D eigenvalue weighted by Crippen LogP contribution is -2.23. The summed E-state index contributed by atoms with van der Waals surface area (Å²) in [4.78, 5) is 9.26. The van der Waals surface area contributed by atoms with Crippen molar-refractivity contribution in [1.82, 2.24) is 15.3 Å². The number of allylic oxidation sites excluding steroid dienone is 1. The third-order valence-corrected chi connectivity index (χ3v) is 3.32. The molecule has 2 rings (SSSR count). The Balaban J connectivity index is 2.21. The van der Waals surface area contributed by atoms with Gasteiger partial charge in [0.15, 0.2) is 0 Å². The monoisotopic (exact) mass is 269 g/mol. The van der Waals surface area contributed by atoms with Crippen molar-refractivity contribution in [3.63, 3.8) is 0 Å². The molecule has 20 heavy (non-hydrogen) atoms. The number of rotatable bonds is 7. The van der Waals surface area contributed by atoms with E-state index in [1.807, 2.05) is 30.5 Å². The summed E-state index contributed by atoms with van der Waals surface area (Å²) < 4.78 is 0. The first-order valence-corrected chi connectivity index (χ1v) is 7.30. The van der Waals surface area contributed by atoms with Crippen molar-refractivity contribution in [3.05, 3.63) is 48.3 Å². The van der Waals surface area contributed by atoms with Crippen LogP contribution >= 0.6 is 0 Å². The zero-order valence-corrected chi connectivity index (χ0v) is 12.4. The topological polar surface area (TPSA) is 37.8 Å². The maximum atomic E-state index is 4.75. The van der Waals surface area contributed by atoms with Crippen LogP contribution in [0.4, 0.5) is 0 Å². The van der Waals surface area contributed by atoms with Crippen molar-refractivity contribution in [2.24, 2.45) is 0 Å². The zero-order valence-electron chi connectivity index (χ0n) is 12.4. The fourth-order valence-corrected chi connectivity index (χ4v) is 2.20. The highest BCUT2D eigenvalue weighted by molar-refractivity contribution is 5.73. The number of fused-ring (bicyclic) bond motifs is 1. The van der Waals surface area contributed by atoms with E-state index in [-0.39, 0.29) is 6.04 Å². The second-order valence-corrected chi connectivity index (χ2v) is 5.29. The minimum absolute atomic E-state index is 0.253. The van der Waals surface area contributed by atoms with Gasteiger partial charge in [0.05, 0.1) is 29.0 Å². The van der Waals surface area contributed by atoms with Crippen LogP contribution in [0.25, 0.3) is 11.0 Å². The van der Waals surface area contributed by atoms with Crippen LogP contribution < -0.4 is 5.32 Å². The van der Waals surface area contributed by atoms with Crippen LogP contribution in [0, 0.1) is 0 Å². The minimum atomic E-state index is 0.253. The molecule has 1 heterocycles. The maximum absolute atomic E-state index is 4.75. The van der Waals surface area contributed by atoms with E-state index >= 15 is 0 Å². The second-order valence-electron chi connectivity index (χ2n) is 5.29. The molecule has 0 saturated carbocycles. The number of nitrogens with zero attached hydrogens (tertiary/aromatic N) is 2. The van der Waals surface area contributed by atoms with Gasteiger partial charge < -0.3 is 5.32 Å². The molecule has 0 aliphatic carbocycles. The molecule has 0 aliphatic rings. The van der Waals surface area contributed by atoms with Gasteiger partial charge in [-0.15, -0.1) is 6.58 Å². The fraction of sp³-hybridized carbons (Fsp3) is 0.412. The Kier molecular flexibility index (Phi) is 5.24. The van der Waals surface area contributed by atoms with Gasteiger partial charge in [0, 0.05) is 0 Å². The molecule has 106 valence electrons. The second kappa shape index (κ2) is 7.15. The smallest absolute Gasteiger partial charge is 0.0890 e. The predicted molar refractivity (Wildman–Crippen MR) is 84.6 cm³/mol. The Bertz CT molecular complexity index is 577. The summed E-state index contributed by atoms with van der Waals surface area (Å²) in [7, 11) is 0. The Morgan fingerprint density at radius 2 is 2.05 bits per heavy atom.